The number of carbonyl (C=O) groups is 1. The zero-order chi connectivity index (χ0) is 8.77. The Morgan fingerprint density at radius 3 is 2.75 bits per heavy atom. The largest absolute Gasteiger partial charge is 0.469 e. The maximum absolute atomic E-state index is 11.2. The number of hydrogen-bond acceptors (Lipinski definition) is 2. The number of allylic oxidation sites excluding steroid dienone is 1. The van der Waals surface area contributed by atoms with E-state index < -0.39 is 0 Å². The van der Waals surface area contributed by atoms with Gasteiger partial charge in [-0.3, -0.25) is 4.79 Å². The summed E-state index contributed by atoms with van der Waals surface area (Å²) in [5.74, 6) is 0.0462. The standard InChI is InChI=1S/C10H14O2/c1-7-5-8(9(11)12-2)6-10(7)3-4-10/h8H,1,3-6H2,2H3/t8-/m0/s1. The lowest BCUT2D eigenvalue weighted by atomic mass is 10.0. The van der Waals surface area contributed by atoms with Gasteiger partial charge >= 0.3 is 5.97 Å². The van der Waals surface area contributed by atoms with Crippen molar-refractivity contribution in [2.24, 2.45) is 11.3 Å². The molecule has 2 saturated carbocycles. The van der Waals surface area contributed by atoms with Crippen LogP contribution >= 0.6 is 0 Å². The molecule has 2 fully saturated rings. The average molecular weight is 166 g/mol. The first-order chi connectivity index (χ1) is 5.68. The highest BCUT2D eigenvalue weighted by molar-refractivity contribution is 5.74. The molecule has 0 aromatic carbocycles. The van der Waals surface area contributed by atoms with Crippen LogP contribution < -0.4 is 0 Å². The van der Waals surface area contributed by atoms with E-state index >= 15 is 0 Å². The second-order valence-corrected chi connectivity index (χ2v) is 4.01. The molecule has 2 aliphatic rings. The predicted octanol–water partition coefficient (Wildman–Crippen LogP) is 1.91. The zero-order valence-corrected chi connectivity index (χ0v) is 7.43. The highest BCUT2D eigenvalue weighted by Crippen LogP contribution is 2.62. The number of methoxy groups -OCH3 is 1. The summed E-state index contributed by atoms with van der Waals surface area (Å²) in [5.41, 5.74) is 1.64. The molecule has 0 unspecified atom stereocenters. The van der Waals surface area contributed by atoms with Gasteiger partial charge in [0, 0.05) is 0 Å². The lowest BCUT2D eigenvalue weighted by molar-refractivity contribution is -0.145. The molecule has 2 aliphatic carbocycles. The van der Waals surface area contributed by atoms with Crippen LogP contribution in [0, 0.1) is 11.3 Å². The minimum atomic E-state index is -0.0556. The second-order valence-electron chi connectivity index (χ2n) is 4.01. The highest BCUT2D eigenvalue weighted by atomic mass is 16.5. The quantitative estimate of drug-likeness (QED) is 0.439. The van der Waals surface area contributed by atoms with Crippen molar-refractivity contribution in [1.29, 1.82) is 0 Å². The molecule has 0 amide bonds. The van der Waals surface area contributed by atoms with Crippen LogP contribution in [0.4, 0.5) is 0 Å². The summed E-state index contributed by atoms with van der Waals surface area (Å²) in [5, 5.41) is 0. The molecule has 0 saturated heterocycles. The summed E-state index contributed by atoms with van der Waals surface area (Å²) < 4.78 is 4.72. The smallest absolute Gasteiger partial charge is 0.309 e. The number of carbonyl (C=O) groups excluding carboxylic acids is 1. The summed E-state index contributed by atoms with van der Waals surface area (Å²) in [6.45, 7) is 4.03. The van der Waals surface area contributed by atoms with Crippen molar-refractivity contribution in [3.05, 3.63) is 12.2 Å². The number of rotatable bonds is 1. The van der Waals surface area contributed by atoms with Crippen LogP contribution in [-0.4, -0.2) is 13.1 Å². The normalized spacial score (nSPS) is 30.8. The van der Waals surface area contributed by atoms with Crippen molar-refractivity contribution in [2.75, 3.05) is 7.11 Å². The van der Waals surface area contributed by atoms with E-state index in [4.69, 9.17) is 4.74 Å². The Hall–Kier alpha value is -0.790. The van der Waals surface area contributed by atoms with Crippen LogP contribution in [0.25, 0.3) is 0 Å². The molecule has 2 rings (SSSR count). The summed E-state index contributed by atoms with van der Waals surface area (Å²) in [4.78, 5) is 11.2. The Morgan fingerprint density at radius 2 is 2.33 bits per heavy atom. The molecular formula is C10H14O2. The third kappa shape index (κ3) is 0.977. The lowest BCUT2D eigenvalue weighted by Crippen LogP contribution is -2.12. The summed E-state index contributed by atoms with van der Waals surface area (Å²) >= 11 is 0. The first kappa shape index (κ1) is 7.84. The van der Waals surface area contributed by atoms with Crippen LogP contribution in [0.5, 0.6) is 0 Å². The SMILES string of the molecule is C=C1C[C@H](C(=O)OC)CC12CC2. The fourth-order valence-corrected chi connectivity index (χ4v) is 2.24. The molecule has 0 aromatic heterocycles. The van der Waals surface area contributed by atoms with Crippen LogP contribution in [0.1, 0.15) is 25.7 Å². The number of hydrogen-bond donors (Lipinski definition) is 0. The molecule has 0 bridgehead atoms. The minimum absolute atomic E-state index is 0.0556. The van der Waals surface area contributed by atoms with Crippen molar-refractivity contribution in [2.45, 2.75) is 25.7 Å². The van der Waals surface area contributed by atoms with Crippen molar-refractivity contribution in [3.63, 3.8) is 0 Å². The van der Waals surface area contributed by atoms with Crippen molar-refractivity contribution < 1.29 is 9.53 Å². The van der Waals surface area contributed by atoms with Gasteiger partial charge in [-0.2, -0.15) is 0 Å². The second kappa shape index (κ2) is 2.35. The van der Waals surface area contributed by atoms with Gasteiger partial charge < -0.3 is 4.74 Å². The van der Waals surface area contributed by atoms with Crippen LogP contribution in [0.2, 0.25) is 0 Å². The maximum atomic E-state index is 11.2. The van der Waals surface area contributed by atoms with E-state index in [0.717, 1.165) is 12.8 Å². The van der Waals surface area contributed by atoms with Gasteiger partial charge in [-0.15, -0.1) is 0 Å². The molecule has 0 heterocycles. The molecular weight excluding hydrogens is 152 g/mol. The topological polar surface area (TPSA) is 26.3 Å². The van der Waals surface area contributed by atoms with Gasteiger partial charge in [0.15, 0.2) is 0 Å². The third-order valence-electron chi connectivity index (χ3n) is 3.27. The van der Waals surface area contributed by atoms with E-state index in [1.165, 1.54) is 25.5 Å². The van der Waals surface area contributed by atoms with Crippen LogP contribution in [0.3, 0.4) is 0 Å². The third-order valence-corrected chi connectivity index (χ3v) is 3.27. The minimum Gasteiger partial charge on any atom is -0.469 e. The van der Waals surface area contributed by atoms with Gasteiger partial charge in [-0.05, 0) is 31.1 Å². The summed E-state index contributed by atoms with van der Waals surface area (Å²) in [6, 6.07) is 0. The first-order valence-electron chi connectivity index (χ1n) is 4.44. The molecule has 12 heavy (non-hydrogen) atoms. The van der Waals surface area contributed by atoms with Crippen LogP contribution in [0.15, 0.2) is 12.2 Å². The van der Waals surface area contributed by atoms with Gasteiger partial charge in [0.2, 0.25) is 0 Å². The van der Waals surface area contributed by atoms with Crippen LogP contribution in [-0.2, 0) is 9.53 Å². The fraction of sp³-hybridized carbons (Fsp3) is 0.700. The van der Waals surface area contributed by atoms with E-state index in [1.807, 2.05) is 0 Å². The Bertz CT molecular complexity index is 238. The van der Waals surface area contributed by atoms with E-state index in [1.54, 1.807) is 0 Å². The highest BCUT2D eigenvalue weighted by Gasteiger charge is 2.52. The molecule has 0 aliphatic heterocycles. The van der Waals surface area contributed by atoms with Gasteiger partial charge in [0.25, 0.3) is 0 Å². The molecule has 66 valence electrons. The van der Waals surface area contributed by atoms with Crippen molar-refractivity contribution in [1.82, 2.24) is 0 Å². The number of ether oxygens (including phenoxy) is 1. The molecule has 2 heteroatoms. The Morgan fingerprint density at radius 1 is 1.67 bits per heavy atom. The molecule has 0 aromatic rings. The molecule has 0 radical (unpaired) electrons. The maximum Gasteiger partial charge on any atom is 0.309 e. The Labute approximate surface area is 72.6 Å². The molecule has 1 spiro atoms. The zero-order valence-electron chi connectivity index (χ0n) is 7.43. The van der Waals surface area contributed by atoms with E-state index in [-0.39, 0.29) is 11.9 Å². The van der Waals surface area contributed by atoms with Gasteiger partial charge in [0.05, 0.1) is 13.0 Å². The van der Waals surface area contributed by atoms with Gasteiger partial charge in [-0.25, -0.2) is 0 Å². The van der Waals surface area contributed by atoms with E-state index in [2.05, 4.69) is 6.58 Å². The summed E-state index contributed by atoms with van der Waals surface area (Å²) in [6.07, 6.45) is 4.31. The number of esters is 1. The average Bonchev–Trinajstić information content (AvgIpc) is 2.75. The van der Waals surface area contributed by atoms with E-state index in [0.29, 0.717) is 5.41 Å². The monoisotopic (exact) mass is 166 g/mol. The molecule has 0 N–H and O–H groups in total. The Balaban J connectivity index is 2.06. The summed E-state index contributed by atoms with van der Waals surface area (Å²) in [7, 11) is 1.46. The van der Waals surface area contributed by atoms with E-state index in [9.17, 15) is 4.79 Å². The molecule has 2 nitrogen and oxygen atoms in total. The first-order valence-corrected chi connectivity index (χ1v) is 4.44. The molecule has 1 atom stereocenters. The lowest BCUT2D eigenvalue weighted by Gasteiger charge is -2.06. The van der Waals surface area contributed by atoms with Gasteiger partial charge in [0.1, 0.15) is 0 Å². The van der Waals surface area contributed by atoms with Gasteiger partial charge in [-0.1, -0.05) is 12.2 Å². The predicted molar refractivity (Wildman–Crippen MR) is 45.5 cm³/mol. The fourth-order valence-electron chi connectivity index (χ4n) is 2.24. The van der Waals surface area contributed by atoms with Crippen molar-refractivity contribution >= 4 is 5.97 Å². The van der Waals surface area contributed by atoms with Crippen molar-refractivity contribution in [3.8, 4) is 0 Å². The Kier molecular flexibility index (Phi) is 1.53.